The van der Waals surface area contributed by atoms with Gasteiger partial charge in [0.2, 0.25) is 5.96 Å². The first-order valence-electron chi connectivity index (χ1n) is 16.0. The number of aromatic nitrogens is 2. The third-order valence-electron chi connectivity index (χ3n) is 7.50. The van der Waals surface area contributed by atoms with Gasteiger partial charge in [-0.3, -0.25) is 9.88 Å². The van der Waals surface area contributed by atoms with Gasteiger partial charge in [-0.1, -0.05) is 44.0 Å². The van der Waals surface area contributed by atoms with Crippen LogP contribution in [0.25, 0.3) is 21.8 Å². The number of rotatable bonds is 3. The van der Waals surface area contributed by atoms with E-state index in [2.05, 4.69) is 48.2 Å². The molecule has 0 fully saturated rings. The number of H-pyrrole nitrogens is 1. The number of alkyl carbamates (subject to hydrolysis) is 1. The van der Waals surface area contributed by atoms with Crippen LogP contribution in [-0.4, -0.2) is 61.5 Å². The summed E-state index contributed by atoms with van der Waals surface area (Å²) in [6, 6.07) is 11.5. The van der Waals surface area contributed by atoms with Crippen LogP contribution in [0.15, 0.2) is 62.7 Å². The van der Waals surface area contributed by atoms with Crippen LogP contribution in [0.4, 0.5) is 14.4 Å². The molecule has 50 heavy (non-hydrogen) atoms. The minimum Gasteiger partial charge on any atom is -0.444 e. The first-order chi connectivity index (χ1) is 23.2. The average molecular weight is 813 g/mol. The summed E-state index contributed by atoms with van der Waals surface area (Å²) < 4.78 is 20.0. The van der Waals surface area contributed by atoms with Gasteiger partial charge < -0.3 is 19.2 Å². The number of nitriles is 1. The summed E-state index contributed by atoms with van der Waals surface area (Å²) >= 11 is 7.02. The van der Waals surface area contributed by atoms with E-state index in [1.165, 1.54) is 9.47 Å². The van der Waals surface area contributed by atoms with Gasteiger partial charge in [-0.2, -0.15) is 5.26 Å². The van der Waals surface area contributed by atoms with E-state index in [9.17, 15) is 19.6 Å². The van der Waals surface area contributed by atoms with Gasteiger partial charge in [-0.25, -0.2) is 24.3 Å². The van der Waals surface area contributed by atoms with Crippen LogP contribution < -0.4 is 5.32 Å². The Balaban J connectivity index is 1.74. The summed E-state index contributed by atoms with van der Waals surface area (Å²) in [6.07, 6.45) is 1.08. The molecule has 3 heterocycles. The summed E-state index contributed by atoms with van der Waals surface area (Å²) in [5, 5.41) is 15.0. The van der Waals surface area contributed by atoms with Crippen molar-refractivity contribution in [3.8, 4) is 6.07 Å². The number of hydrogen-bond acceptors (Lipinski definition) is 8. The number of fused-ring (bicyclic) bond motifs is 2. The van der Waals surface area contributed by atoms with Crippen molar-refractivity contribution in [2.75, 3.05) is 0 Å². The Hall–Kier alpha value is -4.35. The normalized spacial score (nSPS) is 17.3. The molecule has 0 bridgehead atoms. The summed E-state index contributed by atoms with van der Waals surface area (Å²) in [5.41, 5.74) is -0.158. The second-order valence-electron chi connectivity index (χ2n) is 15.0. The third-order valence-corrected chi connectivity index (χ3v) is 8.49. The molecule has 12 nitrogen and oxygen atoms in total. The molecule has 2 N–H and O–H groups in total. The lowest BCUT2D eigenvalue weighted by Crippen LogP contribution is -2.49. The number of hydrogen-bond donors (Lipinski definition) is 2. The summed E-state index contributed by atoms with van der Waals surface area (Å²) in [5.74, 6) is -1.19. The second kappa shape index (κ2) is 13.4. The number of carbonyl (C=O) groups excluding carboxylic acids is 3. The first-order valence-corrected chi connectivity index (χ1v) is 17.5. The molecule has 0 aliphatic carbocycles. The number of aliphatic imine (C=N–C) groups is 1. The van der Waals surface area contributed by atoms with Crippen molar-refractivity contribution in [1.82, 2.24) is 19.8 Å². The highest BCUT2D eigenvalue weighted by Gasteiger charge is 2.49. The van der Waals surface area contributed by atoms with E-state index in [1.54, 1.807) is 80.8 Å². The van der Waals surface area contributed by atoms with Gasteiger partial charge in [0.1, 0.15) is 16.8 Å². The maximum Gasteiger partial charge on any atom is 0.419 e. The molecule has 0 saturated carbocycles. The fourth-order valence-corrected chi connectivity index (χ4v) is 6.48. The molecule has 2 aromatic carbocycles. The number of guanidine groups is 1. The maximum absolute atomic E-state index is 14.2. The Bertz CT molecular complexity index is 2060. The predicted molar refractivity (Wildman–Crippen MR) is 197 cm³/mol. The van der Waals surface area contributed by atoms with Crippen molar-refractivity contribution in [2.45, 2.75) is 97.1 Å². The standard InChI is InChI=1S/C36H40Br2N6O6/c1-34(2,3)48-31(45)42-30-41-28(23(16-39)25-18-43(32(46)49-35(4,5)6)27-15-20(38)11-13-22(25)27)29(44(30)33(47)50-36(7,8)9)24-17-40-26-14-19(37)10-12-21(24)26/h10-15,17-18,23,28-29,40H,1-9H3,(H,41,42,45)/t23-,28+,29+/m0/s1. The van der Waals surface area contributed by atoms with Crippen LogP contribution >= 0.6 is 31.9 Å². The van der Waals surface area contributed by atoms with Crippen molar-refractivity contribution in [2.24, 2.45) is 4.99 Å². The molecule has 0 spiro atoms. The molecule has 0 saturated heterocycles. The van der Waals surface area contributed by atoms with Crippen molar-refractivity contribution in [3.63, 3.8) is 0 Å². The number of carbonyl (C=O) groups is 3. The minimum absolute atomic E-state index is 0.145. The van der Waals surface area contributed by atoms with Crippen LogP contribution in [0.3, 0.4) is 0 Å². The summed E-state index contributed by atoms with van der Waals surface area (Å²) in [6.45, 7) is 15.7. The topological polar surface area (TPSA) is 151 Å². The predicted octanol–water partition coefficient (Wildman–Crippen LogP) is 9.28. The van der Waals surface area contributed by atoms with Gasteiger partial charge in [0.05, 0.1) is 29.6 Å². The van der Waals surface area contributed by atoms with Gasteiger partial charge in [-0.05, 0) is 92.1 Å². The lowest BCUT2D eigenvalue weighted by Gasteiger charge is -2.32. The monoisotopic (exact) mass is 810 g/mol. The highest BCUT2D eigenvalue weighted by atomic mass is 79.9. The van der Waals surface area contributed by atoms with E-state index in [1.807, 2.05) is 30.3 Å². The SMILES string of the molecule is CC(C)(C)OC(=O)NC1=N[C@H]([C@@H](C#N)c2cn(C(=O)OC(C)(C)C)c3cc(Br)ccc23)[C@@H](c2c[nH]c3cc(Br)ccc23)N1C(=O)OC(C)(C)C. The van der Waals surface area contributed by atoms with E-state index in [4.69, 9.17) is 19.2 Å². The Morgan fingerprint density at radius 2 is 1.46 bits per heavy atom. The highest BCUT2D eigenvalue weighted by molar-refractivity contribution is 9.10. The van der Waals surface area contributed by atoms with Crippen molar-refractivity contribution < 1.29 is 28.6 Å². The van der Waals surface area contributed by atoms with E-state index >= 15 is 0 Å². The van der Waals surface area contributed by atoms with Gasteiger partial charge in [-0.15, -0.1) is 0 Å². The number of amides is 2. The van der Waals surface area contributed by atoms with E-state index < -0.39 is 53.1 Å². The van der Waals surface area contributed by atoms with Crippen LogP contribution in [0.5, 0.6) is 0 Å². The Morgan fingerprint density at radius 1 is 0.880 bits per heavy atom. The smallest absolute Gasteiger partial charge is 0.419 e. The Kier molecular flexibility index (Phi) is 9.90. The molecule has 0 radical (unpaired) electrons. The van der Waals surface area contributed by atoms with Crippen LogP contribution in [0.1, 0.15) is 85.4 Å². The Morgan fingerprint density at radius 3 is 2.06 bits per heavy atom. The number of nitrogens with one attached hydrogen (secondary N) is 2. The van der Waals surface area contributed by atoms with Crippen molar-refractivity contribution in [1.29, 1.82) is 5.26 Å². The van der Waals surface area contributed by atoms with E-state index in [-0.39, 0.29) is 5.96 Å². The lowest BCUT2D eigenvalue weighted by atomic mass is 9.85. The number of benzene rings is 2. The van der Waals surface area contributed by atoms with Crippen LogP contribution in [-0.2, 0) is 14.2 Å². The average Bonchev–Trinajstić information content (AvgIpc) is 3.64. The molecule has 14 heteroatoms. The fraction of sp³-hybridized carbons (Fsp3) is 0.417. The van der Waals surface area contributed by atoms with E-state index in [0.29, 0.717) is 22.0 Å². The van der Waals surface area contributed by atoms with Gasteiger partial charge >= 0.3 is 18.3 Å². The minimum atomic E-state index is -1.05. The molecule has 264 valence electrons. The maximum atomic E-state index is 14.2. The fourth-order valence-electron chi connectivity index (χ4n) is 5.77. The van der Waals surface area contributed by atoms with Crippen molar-refractivity contribution >= 4 is 77.9 Å². The van der Waals surface area contributed by atoms with Gasteiger partial charge in [0, 0.05) is 43.2 Å². The Labute approximate surface area is 307 Å². The molecular weight excluding hydrogens is 772 g/mol. The summed E-state index contributed by atoms with van der Waals surface area (Å²) in [4.78, 5) is 50.3. The third kappa shape index (κ3) is 8.00. The number of aromatic amines is 1. The van der Waals surface area contributed by atoms with Crippen LogP contribution in [0.2, 0.25) is 0 Å². The quantitative estimate of drug-likeness (QED) is 0.196. The number of halogens is 2. The first kappa shape index (κ1) is 36.9. The molecule has 5 rings (SSSR count). The zero-order chi connectivity index (χ0) is 36.9. The molecule has 2 amide bonds. The zero-order valence-corrected chi connectivity index (χ0v) is 32.5. The second-order valence-corrected chi connectivity index (χ2v) is 16.8. The molecule has 1 aliphatic rings. The highest BCUT2D eigenvalue weighted by Crippen LogP contribution is 2.45. The molecular formula is C36H40Br2N6O6. The molecule has 4 aromatic rings. The van der Waals surface area contributed by atoms with Gasteiger partial charge in [0.15, 0.2) is 0 Å². The zero-order valence-electron chi connectivity index (χ0n) is 29.3. The van der Waals surface area contributed by atoms with Gasteiger partial charge in [0.25, 0.3) is 0 Å². The molecule has 0 unspecified atom stereocenters. The summed E-state index contributed by atoms with van der Waals surface area (Å²) in [7, 11) is 0. The largest absolute Gasteiger partial charge is 0.444 e. The number of ether oxygens (including phenoxy) is 3. The van der Waals surface area contributed by atoms with E-state index in [0.717, 1.165) is 19.8 Å². The lowest BCUT2D eigenvalue weighted by molar-refractivity contribution is 0.0304. The molecule has 3 atom stereocenters. The van der Waals surface area contributed by atoms with Crippen LogP contribution in [0, 0.1) is 11.3 Å². The molecule has 2 aromatic heterocycles. The van der Waals surface area contributed by atoms with Crippen molar-refractivity contribution in [3.05, 3.63) is 68.9 Å². The molecule has 1 aliphatic heterocycles. The number of nitrogens with zero attached hydrogens (tertiary/aromatic N) is 4.